The van der Waals surface area contributed by atoms with Gasteiger partial charge in [0.1, 0.15) is 23.8 Å². The van der Waals surface area contributed by atoms with Gasteiger partial charge in [-0.2, -0.15) is 0 Å². The number of nitrogens with zero attached hydrogens (tertiary/aromatic N) is 3. The highest BCUT2D eigenvalue weighted by atomic mass is 16.5. The van der Waals surface area contributed by atoms with Crippen LogP contribution in [0.3, 0.4) is 0 Å². The molecule has 2 N–H and O–H groups in total. The molecule has 0 saturated carbocycles. The average molecular weight is 379 g/mol. The Bertz CT molecular complexity index is 888. The molecule has 0 saturated heterocycles. The van der Waals surface area contributed by atoms with Gasteiger partial charge < -0.3 is 20.1 Å². The van der Waals surface area contributed by atoms with E-state index < -0.39 is 0 Å². The van der Waals surface area contributed by atoms with Crippen LogP contribution in [0.25, 0.3) is 0 Å². The molecule has 1 aromatic carbocycles. The van der Waals surface area contributed by atoms with Crippen molar-refractivity contribution >= 4 is 11.9 Å². The van der Waals surface area contributed by atoms with Crippen LogP contribution in [0.1, 0.15) is 16.1 Å². The molecule has 0 bridgehead atoms. The van der Waals surface area contributed by atoms with Gasteiger partial charge >= 0.3 is 0 Å². The molecule has 144 valence electrons. The van der Waals surface area contributed by atoms with Crippen molar-refractivity contribution in [3.63, 3.8) is 0 Å². The number of ether oxygens (including phenoxy) is 2. The molecule has 3 rings (SSSR count). The normalized spacial score (nSPS) is 10.2. The maximum Gasteiger partial charge on any atom is 0.270 e. The molecule has 0 aliphatic heterocycles. The minimum atomic E-state index is -0.267. The molecule has 1 amide bonds. The van der Waals surface area contributed by atoms with Crippen LogP contribution >= 0.6 is 0 Å². The van der Waals surface area contributed by atoms with Crippen molar-refractivity contribution in [3.05, 3.63) is 72.3 Å². The monoisotopic (exact) mass is 379 g/mol. The summed E-state index contributed by atoms with van der Waals surface area (Å²) >= 11 is 0. The summed E-state index contributed by atoms with van der Waals surface area (Å²) in [6.45, 7) is 1.33. The first-order chi connectivity index (χ1) is 13.7. The molecule has 8 heteroatoms. The number of nitrogens with one attached hydrogen (secondary N) is 2. The van der Waals surface area contributed by atoms with Crippen LogP contribution in [-0.4, -0.2) is 41.1 Å². The maximum absolute atomic E-state index is 12.3. The van der Waals surface area contributed by atoms with Crippen LogP contribution in [0, 0.1) is 0 Å². The van der Waals surface area contributed by atoms with E-state index in [0.29, 0.717) is 31.3 Å². The fourth-order valence-electron chi connectivity index (χ4n) is 2.35. The van der Waals surface area contributed by atoms with Crippen molar-refractivity contribution in [2.45, 2.75) is 6.54 Å². The zero-order valence-corrected chi connectivity index (χ0v) is 15.5. The molecule has 28 heavy (non-hydrogen) atoms. The maximum atomic E-state index is 12.3. The van der Waals surface area contributed by atoms with Crippen molar-refractivity contribution in [3.8, 4) is 11.5 Å². The van der Waals surface area contributed by atoms with Gasteiger partial charge in [-0.25, -0.2) is 9.97 Å². The zero-order chi connectivity index (χ0) is 19.6. The van der Waals surface area contributed by atoms with Crippen LogP contribution in [0.15, 0.2) is 61.1 Å². The van der Waals surface area contributed by atoms with Gasteiger partial charge in [0.05, 0.1) is 13.7 Å². The summed E-state index contributed by atoms with van der Waals surface area (Å²) in [4.78, 5) is 24.6. The molecule has 0 fully saturated rings. The molecule has 0 aliphatic carbocycles. The number of methoxy groups -OCH3 is 1. The largest absolute Gasteiger partial charge is 0.497 e. The van der Waals surface area contributed by atoms with Crippen LogP contribution in [0.2, 0.25) is 0 Å². The molecule has 0 radical (unpaired) electrons. The number of amides is 1. The van der Waals surface area contributed by atoms with Gasteiger partial charge in [0.2, 0.25) is 5.95 Å². The van der Waals surface area contributed by atoms with Gasteiger partial charge in [-0.05, 0) is 48.0 Å². The minimum Gasteiger partial charge on any atom is -0.497 e. The second-order valence-corrected chi connectivity index (χ2v) is 5.75. The molecule has 3 aromatic rings. The molecule has 2 heterocycles. The number of carbonyl (C=O) groups excluding carboxylic acids is 1. The van der Waals surface area contributed by atoms with Crippen LogP contribution in [0.4, 0.5) is 5.95 Å². The molecule has 0 atom stereocenters. The van der Waals surface area contributed by atoms with Crippen molar-refractivity contribution in [2.24, 2.45) is 0 Å². The highest BCUT2D eigenvalue weighted by Crippen LogP contribution is 2.16. The Morgan fingerprint density at radius 3 is 2.50 bits per heavy atom. The van der Waals surface area contributed by atoms with Crippen LogP contribution in [0.5, 0.6) is 11.5 Å². The number of pyridine rings is 1. The van der Waals surface area contributed by atoms with E-state index in [1.807, 2.05) is 36.4 Å². The van der Waals surface area contributed by atoms with Crippen LogP contribution < -0.4 is 20.1 Å². The Morgan fingerprint density at radius 2 is 1.75 bits per heavy atom. The average Bonchev–Trinajstić information content (AvgIpc) is 2.76. The number of anilines is 1. The first kappa shape index (κ1) is 19.1. The van der Waals surface area contributed by atoms with E-state index in [4.69, 9.17) is 9.47 Å². The molecule has 0 aliphatic rings. The Morgan fingerprint density at radius 1 is 1.00 bits per heavy atom. The molecular weight excluding hydrogens is 358 g/mol. The molecule has 8 nitrogen and oxygen atoms in total. The van der Waals surface area contributed by atoms with E-state index in [2.05, 4.69) is 25.6 Å². The first-order valence-corrected chi connectivity index (χ1v) is 8.75. The summed E-state index contributed by atoms with van der Waals surface area (Å²) in [6, 6.07) is 12.6. The van der Waals surface area contributed by atoms with Gasteiger partial charge in [-0.15, -0.1) is 0 Å². The second kappa shape index (κ2) is 9.86. The summed E-state index contributed by atoms with van der Waals surface area (Å²) in [5.74, 6) is 1.62. The van der Waals surface area contributed by atoms with Gasteiger partial charge in [0.25, 0.3) is 5.91 Å². The summed E-state index contributed by atoms with van der Waals surface area (Å²) in [5, 5.41) is 5.87. The highest BCUT2D eigenvalue weighted by molar-refractivity contribution is 5.92. The lowest BCUT2D eigenvalue weighted by Crippen LogP contribution is -2.24. The summed E-state index contributed by atoms with van der Waals surface area (Å²) in [7, 11) is 1.62. The Hall–Kier alpha value is -3.68. The third-order valence-electron chi connectivity index (χ3n) is 3.80. The number of hydrogen-bond donors (Lipinski definition) is 2. The van der Waals surface area contributed by atoms with Crippen molar-refractivity contribution in [1.82, 2.24) is 20.3 Å². The third kappa shape index (κ3) is 5.66. The summed E-state index contributed by atoms with van der Waals surface area (Å²) in [5.41, 5.74) is 1.26. The highest BCUT2D eigenvalue weighted by Gasteiger charge is 2.08. The standard InChI is InChI=1S/C20H21N5O3/c1-27-16-2-4-17(5-3-16)28-13-12-23-20-22-11-8-18(25-20)19(26)24-14-15-6-9-21-10-7-15/h2-11H,12-14H2,1H3,(H,24,26)(H,22,23,25). The minimum absolute atomic E-state index is 0.267. The second-order valence-electron chi connectivity index (χ2n) is 5.75. The lowest BCUT2D eigenvalue weighted by molar-refractivity contribution is 0.0946. The smallest absolute Gasteiger partial charge is 0.270 e. The number of carbonyl (C=O) groups is 1. The lowest BCUT2D eigenvalue weighted by Gasteiger charge is -2.09. The van der Waals surface area contributed by atoms with E-state index >= 15 is 0 Å². The molecule has 0 spiro atoms. The summed E-state index contributed by atoms with van der Waals surface area (Å²) < 4.78 is 10.7. The summed E-state index contributed by atoms with van der Waals surface area (Å²) in [6.07, 6.45) is 4.91. The van der Waals surface area contributed by atoms with E-state index in [9.17, 15) is 4.79 Å². The zero-order valence-electron chi connectivity index (χ0n) is 15.5. The Kier molecular flexibility index (Phi) is 6.73. The number of hydrogen-bond acceptors (Lipinski definition) is 7. The molecule has 0 unspecified atom stereocenters. The fourth-order valence-corrected chi connectivity index (χ4v) is 2.35. The van der Waals surface area contributed by atoms with Crippen LogP contribution in [-0.2, 0) is 6.54 Å². The Labute approximate surface area is 163 Å². The van der Waals surface area contributed by atoms with Crippen molar-refractivity contribution in [1.29, 1.82) is 0 Å². The predicted molar refractivity (Wildman–Crippen MR) is 104 cm³/mol. The van der Waals surface area contributed by atoms with E-state index in [1.165, 1.54) is 0 Å². The lowest BCUT2D eigenvalue weighted by atomic mass is 10.2. The number of rotatable bonds is 9. The third-order valence-corrected chi connectivity index (χ3v) is 3.80. The molecular formula is C20H21N5O3. The van der Waals surface area contributed by atoms with Crippen molar-refractivity contribution < 1.29 is 14.3 Å². The van der Waals surface area contributed by atoms with Gasteiger partial charge in [0, 0.05) is 25.1 Å². The fraction of sp³-hybridized carbons (Fsp3) is 0.200. The van der Waals surface area contributed by atoms with E-state index in [1.54, 1.807) is 31.8 Å². The quantitative estimate of drug-likeness (QED) is 0.551. The SMILES string of the molecule is COc1ccc(OCCNc2nccc(C(=O)NCc3ccncc3)n2)cc1. The van der Waals surface area contributed by atoms with Gasteiger partial charge in [0.15, 0.2) is 0 Å². The predicted octanol–water partition coefficient (Wildman–Crippen LogP) is 2.30. The van der Waals surface area contributed by atoms with Crippen molar-refractivity contribution in [2.75, 3.05) is 25.6 Å². The first-order valence-electron chi connectivity index (χ1n) is 8.75. The van der Waals surface area contributed by atoms with Gasteiger partial charge in [-0.1, -0.05) is 0 Å². The molecule has 2 aromatic heterocycles. The Balaban J connectivity index is 1.45. The topological polar surface area (TPSA) is 98.3 Å². The van der Waals surface area contributed by atoms with E-state index in [-0.39, 0.29) is 5.91 Å². The number of aromatic nitrogens is 3. The number of benzene rings is 1. The van der Waals surface area contributed by atoms with Gasteiger partial charge in [-0.3, -0.25) is 9.78 Å². The van der Waals surface area contributed by atoms with E-state index in [0.717, 1.165) is 17.1 Å².